The predicted molar refractivity (Wildman–Crippen MR) is 81.3 cm³/mol. The third kappa shape index (κ3) is 3.58. The van der Waals surface area contributed by atoms with Gasteiger partial charge >= 0.3 is 0 Å². The molecular formula is C16H25N3O. The summed E-state index contributed by atoms with van der Waals surface area (Å²) < 4.78 is 0. The van der Waals surface area contributed by atoms with Gasteiger partial charge in [-0.25, -0.2) is 0 Å². The SMILES string of the molecule is Cc1ccccc1CN1CCN(C(=O)C(C)(C)N)CC1. The number of carbonyl (C=O) groups is 1. The first-order valence-corrected chi connectivity index (χ1v) is 7.23. The summed E-state index contributed by atoms with van der Waals surface area (Å²) in [6, 6.07) is 8.47. The monoisotopic (exact) mass is 275 g/mol. The molecule has 1 aromatic carbocycles. The zero-order chi connectivity index (χ0) is 14.8. The van der Waals surface area contributed by atoms with E-state index in [1.165, 1.54) is 11.1 Å². The fourth-order valence-electron chi connectivity index (χ4n) is 2.54. The van der Waals surface area contributed by atoms with E-state index < -0.39 is 5.54 Å². The van der Waals surface area contributed by atoms with Gasteiger partial charge in [0.05, 0.1) is 5.54 Å². The smallest absolute Gasteiger partial charge is 0.242 e. The molecule has 1 saturated heterocycles. The van der Waals surface area contributed by atoms with Crippen LogP contribution in [0.25, 0.3) is 0 Å². The van der Waals surface area contributed by atoms with Gasteiger partial charge in [-0.15, -0.1) is 0 Å². The summed E-state index contributed by atoms with van der Waals surface area (Å²) in [5.41, 5.74) is 7.81. The van der Waals surface area contributed by atoms with Gasteiger partial charge in [-0.3, -0.25) is 9.69 Å². The van der Waals surface area contributed by atoms with E-state index in [9.17, 15) is 4.79 Å². The molecule has 0 unspecified atom stereocenters. The molecule has 1 aliphatic rings. The zero-order valence-electron chi connectivity index (χ0n) is 12.7. The Balaban J connectivity index is 1.89. The number of hydrogen-bond donors (Lipinski definition) is 1. The van der Waals surface area contributed by atoms with Crippen LogP contribution in [0.3, 0.4) is 0 Å². The highest BCUT2D eigenvalue weighted by Gasteiger charge is 2.30. The van der Waals surface area contributed by atoms with Crippen LogP contribution in [0.15, 0.2) is 24.3 Å². The number of hydrogen-bond acceptors (Lipinski definition) is 3. The molecule has 4 heteroatoms. The van der Waals surface area contributed by atoms with Crippen LogP contribution >= 0.6 is 0 Å². The maximum absolute atomic E-state index is 12.1. The van der Waals surface area contributed by atoms with Crippen LogP contribution in [0.4, 0.5) is 0 Å². The first-order valence-electron chi connectivity index (χ1n) is 7.23. The van der Waals surface area contributed by atoms with Crippen molar-refractivity contribution in [1.29, 1.82) is 0 Å². The van der Waals surface area contributed by atoms with Crippen LogP contribution < -0.4 is 5.73 Å². The average Bonchev–Trinajstić information content (AvgIpc) is 2.40. The molecule has 1 amide bonds. The number of carbonyl (C=O) groups excluding carboxylic acids is 1. The number of nitrogens with two attached hydrogens (primary N) is 1. The number of rotatable bonds is 3. The van der Waals surface area contributed by atoms with E-state index >= 15 is 0 Å². The number of amides is 1. The van der Waals surface area contributed by atoms with Gasteiger partial charge < -0.3 is 10.6 Å². The Hall–Kier alpha value is -1.39. The van der Waals surface area contributed by atoms with Crippen molar-refractivity contribution in [2.45, 2.75) is 32.9 Å². The van der Waals surface area contributed by atoms with Gasteiger partial charge in [0.2, 0.25) is 5.91 Å². The highest BCUT2D eigenvalue weighted by Crippen LogP contribution is 2.14. The molecule has 0 saturated carbocycles. The van der Waals surface area contributed by atoms with E-state index in [0.717, 1.165) is 32.7 Å². The third-order valence-corrected chi connectivity index (χ3v) is 3.87. The summed E-state index contributed by atoms with van der Waals surface area (Å²) in [5, 5.41) is 0. The molecule has 0 radical (unpaired) electrons. The number of piperazine rings is 1. The zero-order valence-corrected chi connectivity index (χ0v) is 12.7. The van der Waals surface area contributed by atoms with Crippen molar-refractivity contribution in [3.63, 3.8) is 0 Å². The second-order valence-electron chi connectivity index (χ2n) is 6.22. The van der Waals surface area contributed by atoms with Crippen molar-refractivity contribution in [2.24, 2.45) is 5.73 Å². The molecular weight excluding hydrogens is 250 g/mol. The standard InChI is InChI=1S/C16H25N3O/c1-13-6-4-5-7-14(13)12-18-8-10-19(11-9-18)15(20)16(2,3)17/h4-7H,8-12,17H2,1-3H3. The number of benzene rings is 1. The van der Waals surface area contributed by atoms with E-state index in [-0.39, 0.29) is 5.91 Å². The molecule has 20 heavy (non-hydrogen) atoms. The molecule has 0 atom stereocenters. The van der Waals surface area contributed by atoms with Gasteiger partial charge in [0.1, 0.15) is 0 Å². The maximum Gasteiger partial charge on any atom is 0.242 e. The number of nitrogens with zero attached hydrogens (tertiary/aromatic N) is 2. The molecule has 110 valence electrons. The summed E-state index contributed by atoms with van der Waals surface area (Å²) in [7, 11) is 0. The highest BCUT2D eigenvalue weighted by atomic mass is 16.2. The van der Waals surface area contributed by atoms with Gasteiger partial charge in [0.25, 0.3) is 0 Å². The first-order chi connectivity index (χ1) is 9.38. The van der Waals surface area contributed by atoms with Crippen LogP contribution in [-0.4, -0.2) is 47.4 Å². The molecule has 0 aliphatic carbocycles. The molecule has 1 fully saturated rings. The lowest BCUT2D eigenvalue weighted by molar-refractivity contribution is -0.137. The molecule has 1 heterocycles. The molecule has 0 spiro atoms. The van der Waals surface area contributed by atoms with Crippen LogP contribution in [0.1, 0.15) is 25.0 Å². The van der Waals surface area contributed by atoms with Crippen LogP contribution in [0.2, 0.25) is 0 Å². The Morgan fingerprint density at radius 3 is 2.35 bits per heavy atom. The fraction of sp³-hybridized carbons (Fsp3) is 0.562. The van der Waals surface area contributed by atoms with Gasteiger partial charge in [-0.1, -0.05) is 24.3 Å². The Kier molecular flexibility index (Phi) is 4.45. The minimum absolute atomic E-state index is 0.0491. The van der Waals surface area contributed by atoms with Crippen LogP contribution in [-0.2, 0) is 11.3 Å². The number of aryl methyl sites for hydroxylation is 1. The highest BCUT2D eigenvalue weighted by molar-refractivity contribution is 5.85. The van der Waals surface area contributed by atoms with Crippen molar-refractivity contribution in [1.82, 2.24) is 9.80 Å². The van der Waals surface area contributed by atoms with E-state index in [0.29, 0.717) is 0 Å². The largest absolute Gasteiger partial charge is 0.339 e. The second-order valence-corrected chi connectivity index (χ2v) is 6.22. The Labute approximate surface area is 121 Å². The van der Waals surface area contributed by atoms with Crippen molar-refractivity contribution in [3.8, 4) is 0 Å². The fourth-order valence-corrected chi connectivity index (χ4v) is 2.54. The summed E-state index contributed by atoms with van der Waals surface area (Å²) in [6.45, 7) is 10.0. The first kappa shape index (κ1) is 15.0. The summed E-state index contributed by atoms with van der Waals surface area (Å²) in [6.07, 6.45) is 0. The Morgan fingerprint density at radius 2 is 1.80 bits per heavy atom. The summed E-state index contributed by atoms with van der Waals surface area (Å²) in [5.74, 6) is 0.0491. The van der Waals surface area contributed by atoms with Crippen molar-refractivity contribution < 1.29 is 4.79 Å². The van der Waals surface area contributed by atoms with E-state index in [1.54, 1.807) is 13.8 Å². The van der Waals surface area contributed by atoms with E-state index in [2.05, 4.69) is 36.1 Å². The summed E-state index contributed by atoms with van der Waals surface area (Å²) >= 11 is 0. The Morgan fingerprint density at radius 1 is 1.20 bits per heavy atom. The lowest BCUT2D eigenvalue weighted by atomic mass is 10.0. The van der Waals surface area contributed by atoms with E-state index in [4.69, 9.17) is 5.73 Å². The van der Waals surface area contributed by atoms with Crippen molar-refractivity contribution >= 4 is 5.91 Å². The maximum atomic E-state index is 12.1. The molecule has 0 aromatic heterocycles. The topological polar surface area (TPSA) is 49.6 Å². The molecule has 4 nitrogen and oxygen atoms in total. The van der Waals surface area contributed by atoms with Gasteiger partial charge in [-0.05, 0) is 31.9 Å². The average molecular weight is 275 g/mol. The van der Waals surface area contributed by atoms with Gasteiger partial charge in [0.15, 0.2) is 0 Å². The molecule has 2 N–H and O–H groups in total. The summed E-state index contributed by atoms with van der Waals surface area (Å²) in [4.78, 5) is 16.4. The van der Waals surface area contributed by atoms with Crippen molar-refractivity contribution in [3.05, 3.63) is 35.4 Å². The molecule has 1 aromatic rings. The normalized spacial score (nSPS) is 17.3. The quantitative estimate of drug-likeness (QED) is 0.906. The minimum Gasteiger partial charge on any atom is -0.339 e. The molecule has 1 aliphatic heterocycles. The lowest BCUT2D eigenvalue weighted by Crippen LogP contribution is -2.56. The molecule has 2 rings (SSSR count). The Bertz CT molecular complexity index is 471. The predicted octanol–water partition coefficient (Wildman–Crippen LogP) is 1.38. The second kappa shape index (κ2) is 5.94. The molecule has 0 bridgehead atoms. The van der Waals surface area contributed by atoms with Crippen molar-refractivity contribution in [2.75, 3.05) is 26.2 Å². The van der Waals surface area contributed by atoms with Gasteiger partial charge in [0, 0.05) is 32.7 Å². The lowest BCUT2D eigenvalue weighted by Gasteiger charge is -2.37. The van der Waals surface area contributed by atoms with Crippen LogP contribution in [0.5, 0.6) is 0 Å². The third-order valence-electron chi connectivity index (χ3n) is 3.87. The van der Waals surface area contributed by atoms with E-state index in [1.807, 2.05) is 4.90 Å². The van der Waals surface area contributed by atoms with Crippen LogP contribution in [0, 0.1) is 6.92 Å². The van der Waals surface area contributed by atoms with Gasteiger partial charge in [-0.2, -0.15) is 0 Å². The minimum atomic E-state index is -0.766.